The van der Waals surface area contributed by atoms with Crippen molar-refractivity contribution >= 4 is 28.9 Å². The Hall–Kier alpha value is -3.44. The maximum absolute atomic E-state index is 12.6. The van der Waals surface area contributed by atoms with E-state index in [9.17, 15) is 4.79 Å². The van der Waals surface area contributed by atoms with Crippen LogP contribution in [-0.4, -0.2) is 42.9 Å². The summed E-state index contributed by atoms with van der Waals surface area (Å²) in [5, 5.41) is 6.63. The molecule has 0 radical (unpaired) electrons. The molecule has 5 nitrogen and oxygen atoms in total. The Balaban J connectivity index is 1.59. The zero-order valence-corrected chi connectivity index (χ0v) is 16.8. The smallest absolute Gasteiger partial charge is 0.185 e. The summed E-state index contributed by atoms with van der Waals surface area (Å²) in [5.41, 5.74) is 4.43. The monoisotopic (exact) mass is 386 g/mol. The minimum absolute atomic E-state index is 0.0342. The molecule has 0 aliphatic heterocycles. The van der Waals surface area contributed by atoms with Gasteiger partial charge in [0.2, 0.25) is 0 Å². The molecule has 29 heavy (non-hydrogen) atoms. The van der Waals surface area contributed by atoms with Crippen molar-refractivity contribution in [3.05, 3.63) is 90.3 Å². The first-order valence-corrected chi connectivity index (χ1v) is 9.58. The quantitative estimate of drug-likeness (QED) is 0.413. The lowest BCUT2D eigenvalue weighted by molar-refractivity contribution is 0.104. The van der Waals surface area contributed by atoms with Crippen LogP contribution in [0.25, 0.3) is 6.08 Å². The number of aromatic nitrogens is 1. The standard InChI is InChI=1S/C24H26N4O/c1-28(2)16-15-26-21-11-8-19(9-12-21)10-13-24(29)20-5-3-6-22(17-20)27-23-7-4-14-25-18-23/h3-14,17-18,26-27H,15-16H2,1-2H3/b13-10+. The van der Waals surface area contributed by atoms with Crippen molar-refractivity contribution in [3.8, 4) is 0 Å². The highest BCUT2D eigenvalue weighted by Crippen LogP contribution is 2.18. The SMILES string of the molecule is CN(C)CCNc1ccc(/C=C/C(=O)c2cccc(Nc3cccnc3)c2)cc1. The van der Waals surface area contributed by atoms with Gasteiger partial charge in [0.05, 0.1) is 11.9 Å². The number of ketones is 1. The number of anilines is 3. The van der Waals surface area contributed by atoms with Crippen molar-refractivity contribution in [1.82, 2.24) is 9.88 Å². The molecule has 0 unspecified atom stereocenters. The number of hydrogen-bond acceptors (Lipinski definition) is 5. The average Bonchev–Trinajstić information content (AvgIpc) is 2.73. The first kappa shape index (κ1) is 20.3. The lowest BCUT2D eigenvalue weighted by Gasteiger charge is -2.11. The molecule has 5 heteroatoms. The fourth-order valence-corrected chi connectivity index (χ4v) is 2.76. The summed E-state index contributed by atoms with van der Waals surface area (Å²) in [5.74, 6) is -0.0342. The van der Waals surface area contributed by atoms with Gasteiger partial charge in [-0.15, -0.1) is 0 Å². The summed E-state index contributed by atoms with van der Waals surface area (Å²) >= 11 is 0. The van der Waals surface area contributed by atoms with Gasteiger partial charge in [-0.05, 0) is 62.1 Å². The molecule has 1 heterocycles. The second-order valence-corrected chi connectivity index (χ2v) is 7.00. The fraction of sp³-hybridized carbons (Fsp3) is 0.167. The van der Waals surface area contributed by atoms with Gasteiger partial charge in [0.1, 0.15) is 0 Å². The third kappa shape index (κ3) is 6.59. The fourth-order valence-electron chi connectivity index (χ4n) is 2.76. The molecule has 1 aromatic heterocycles. The average molecular weight is 386 g/mol. The lowest BCUT2D eigenvalue weighted by Crippen LogP contribution is -2.20. The minimum Gasteiger partial charge on any atom is -0.384 e. The van der Waals surface area contributed by atoms with Crippen LogP contribution in [0.4, 0.5) is 17.1 Å². The first-order valence-electron chi connectivity index (χ1n) is 9.58. The van der Waals surface area contributed by atoms with Gasteiger partial charge in [0.15, 0.2) is 5.78 Å². The summed E-state index contributed by atoms with van der Waals surface area (Å²) in [6, 6.07) is 19.3. The highest BCUT2D eigenvalue weighted by Gasteiger charge is 2.03. The molecule has 148 valence electrons. The van der Waals surface area contributed by atoms with Crippen LogP contribution in [0.2, 0.25) is 0 Å². The Bertz CT molecular complexity index is 950. The number of benzene rings is 2. The summed E-state index contributed by atoms with van der Waals surface area (Å²) in [4.78, 5) is 18.8. The maximum Gasteiger partial charge on any atom is 0.185 e. The molecule has 0 saturated carbocycles. The molecule has 3 rings (SSSR count). The Morgan fingerprint density at radius 2 is 1.79 bits per heavy atom. The molecule has 0 aliphatic rings. The second-order valence-electron chi connectivity index (χ2n) is 7.00. The molecular formula is C24H26N4O. The Labute approximate surface area is 172 Å². The van der Waals surface area contributed by atoms with E-state index in [1.165, 1.54) is 0 Å². The number of nitrogens with one attached hydrogen (secondary N) is 2. The molecule has 2 N–H and O–H groups in total. The van der Waals surface area contributed by atoms with Gasteiger partial charge < -0.3 is 15.5 Å². The molecule has 2 aromatic carbocycles. The van der Waals surface area contributed by atoms with E-state index in [-0.39, 0.29) is 5.78 Å². The van der Waals surface area contributed by atoms with Crippen molar-refractivity contribution in [2.75, 3.05) is 37.8 Å². The molecule has 0 atom stereocenters. The van der Waals surface area contributed by atoms with E-state index in [1.54, 1.807) is 18.5 Å². The van der Waals surface area contributed by atoms with E-state index in [1.807, 2.05) is 66.7 Å². The van der Waals surface area contributed by atoms with Crippen molar-refractivity contribution in [3.63, 3.8) is 0 Å². The molecule has 0 amide bonds. The Kier molecular flexibility index (Phi) is 7.14. The van der Waals surface area contributed by atoms with E-state index in [2.05, 4.69) is 34.6 Å². The van der Waals surface area contributed by atoms with Gasteiger partial charge in [-0.25, -0.2) is 0 Å². The van der Waals surface area contributed by atoms with Gasteiger partial charge in [-0.1, -0.05) is 30.3 Å². The van der Waals surface area contributed by atoms with Crippen LogP contribution in [0.15, 0.2) is 79.1 Å². The molecule has 0 bridgehead atoms. The number of likely N-dealkylation sites (N-methyl/N-ethyl adjacent to an activating group) is 1. The summed E-state index contributed by atoms with van der Waals surface area (Å²) in [7, 11) is 4.11. The highest BCUT2D eigenvalue weighted by molar-refractivity contribution is 6.07. The van der Waals surface area contributed by atoms with Gasteiger partial charge >= 0.3 is 0 Å². The van der Waals surface area contributed by atoms with E-state index < -0.39 is 0 Å². The van der Waals surface area contributed by atoms with Gasteiger partial charge in [-0.2, -0.15) is 0 Å². The van der Waals surface area contributed by atoms with Crippen molar-refractivity contribution < 1.29 is 4.79 Å². The van der Waals surface area contributed by atoms with Crippen molar-refractivity contribution in [1.29, 1.82) is 0 Å². The van der Waals surface area contributed by atoms with Crippen LogP contribution in [0.1, 0.15) is 15.9 Å². The lowest BCUT2D eigenvalue weighted by atomic mass is 10.1. The molecule has 0 fully saturated rings. The third-order valence-electron chi connectivity index (χ3n) is 4.32. The topological polar surface area (TPSA) is 57.3 Å². The minimum atomic E-state index is -0.0342. The zero-order valence-electron chi connectivity index (χ0n) is 16.8. The molecular weight excluding hydrogens is 360 g/mol. The Morgan fingerprint density at radius 3 is 2.52 bits per heavy atom. The van der Waals surface area contributed by atoms with Gasteiger partial charge in [0.25, 0.3) is 0 Å². The number of rotatable bonds is 9. The van der Waals surface area contributed by atoms with Crippen molar-refractivity contribution in [2.45, 2.75) is 0 Å². The number of nitrogens with zero attached hydrogens (tertiary/aromatic N) is 2. The number of pyridine rings is 1. The van der Waals surface area contributed by atoms with Crippen molar-refractivity contribution in [2.24, 2.45) is 0 Å². The largest absolute Gasteiger partial charge is 0.384 e. The van der Waals surface area contributed by atoms with Crippen LogP contribution in [-0.2, 0) is 0 Å². The van der Waals surface area contributed by atoms with Gasteiger partial charge in [0, 0.05) is 36.2 Å². The predicted molar refractivity (Wildman–Crippen MR) is 121 cm³/mol. The summed E-state index contributed by atoms with van der Waals surface area (Å²) in [6.07, 6.45) is 6.92. The molecule has 0 saturated heterocycles. The number of hydrogen-bond donors (Lipinski definition) is 2. The summed E-state index contributed by atoms with van der Waals surface area (Å²) in [6.45, 7) is 1.87. The third-order valence-corrected chi connectivity index (χ3v) is 4.32. The van der Waals surface area contributed by atoms with Crippen LogP contribution in [0.3, 0.4) is 0 Å². The normalized spacial score (nSPS) is 11.0. The summed E-state index contributed by atoms with van der Waals surface area (Å²) < 4.78 is 0. The molecule has 3 aromatic rings. The van der Waals surface area contributed by atoms with E-state index in [0.717, 1.165) is 35.7 Å². The Morgan fingerprint density at radius 1 is 1.00 bits per heavy atom. The van der Waals surface area contributed by atoms with Crippen LogP contribution in [0.5, 0.6) is 0 Å². The van der Waals surface area contributed by atoms with Crippen LogP contribution in [0, 0.1) is 0 Å². The zero-order chi connectivity index (χ0) is 20.5. The van der Waals surface area contributed by atoms with E-state index in [0.29, 0.717) is 5.56 Å². The first-order chi connectivity index (χ1) is 14.1. The van der Waals surface area contributed by atoms with Crippen LogP contribution >= 0.6 is 0 Å². The number of carbonyl (C=O) groups excluding carboxylic acids is 1. The maximum atomic E-state index is 12.6. The number of carbonyl (C=O) groups is 1. The van der Waals surface area contributed by atoms with Crippen LogP contribution < -0.4 is 10.6 Å². The molecule has 0 aliphatic carbocycles. The molecule has 0 spiro atoms. The second kappa shape index (κ2) is 10.2. The number of allylic oxidation sites excluding steroid dienone is 1. The highest BCUT2D eigenvalue weighted by atomic mass is 16.1. The van der Waals surface area contributed by atoms with Gasteiger partial charge in [-0.3, -0.25) is 9.78 Å². The van der Waals surface area contributed by atoms with E-state index in [4.69, 9.17) is 0 Å². The predicted octanol–water partition coefficient (Wildman–Crippen LogP) is 4.69. The van der Waals surface area contributed by atoms with E-state index >= 15 is 0 Å².